The van der Waals surface area contributed by atoms with E-state index in [-0.39, 0.29) is 11.7 Å². The van der Waals surface area contributed by atoms with E-state index >= 15 is 0 Å². The third-order valence-electron chi connectivity index (χ3n) is 2.48. The van der Waals surface area contributed by atoms with Crippen molar-refractivity contribution in [2.24, 2.45) is 5.10 Å². The molecule has 0 spiro atoms. The fourth-order valence-corrected chi connectivity index (χ4v) is 2.41. The molecule has 102 valence electrons. The highest BCUT2D eigenvalue weighted by Gasteiger charge is 2.09. The van der Waals surface area contributed by atoms with Gasteiger partial charge in [0, 0.05) is 13.6 Å². The normalized spacial score (nSPS) is 10.7. The summed E-state index contributed by atoms with van der Waals surface area (Å²) in [7, 11) is 0. The van der Waals surface area contributed by atoms with E-state index in [2.05, 4.69) is 49.0 Å². The molecule has 4 nitrogen and oxygen atoms in total. The van der Waals surface area contributed by atoms with Crippen LogP contribution < -0.4 is 5.43 Å². The number of amides is 1. The first kappa shape index (κ1) is 15.0. The molecule has 0 unspecified atom stereocenters. The summed E-state index contributed by atoms with van der Waals surface area (Å²) in [5.41, 5.74) is 3.47. The zero-order chi connectivity index (χ0) is 14.5. The number of hydrogen-bond donors (Lipinski definition) is 2. The first-order valence-corrected chi connectivity index (χ1v) is 7.51. The zero-order valence-corrected chi connectivity index (χ0v) is 13.9. The van der Waals surface area contributed by atoms with Crippen LogP contribution in [-0.4, -0.2) is 17.2 Å². The van der Waals surface area contributed by atoms with Crippen LogP contribution in [-0.2, 0) is 0 Å². The van der Waals surface area contributed by atoms with Crippen molar-refractivity contribution in [3.05, 3.63) is 61.6 Å². The fraction of sp³-hybridized carbons (Fsp3) is 0. The minimum Gasteiger partial charge on any atom is -0.507 e. The fourth-order valence-electron chi connectivity index (χ4n) is 1.49. The Morgan fingerprint density at radius 1 is 1.30 bits per heavy atom. The van der Waals surface area contributed by atoms with Crippen molar-refractivity contribution in [2.75, 3.05) is 0 Å². The summed E-state index contributed by atoms with van der Waals surface area (Å²) in [6.07, 6.45) is 1.40. The molecule has 2 rings (SSSR count). The molecule has 0 aromatic heterocycles. The van der Waals surface area contributed by atoms with Gasteiger partial charge in [0.25, 0.3) is 5.91 Å². The Kier molecular flexibility index (Phi) is 5.13. The summed E-state index contributed by atoms with van der Waals surface area (Å²) < 4.78 is 1.66. The van der Waals surface area contributed by atoms with Crippen molar-refractivity contribution in [2.45, 2.75) is 0 Å². The molecule has 0 bridgehead atoms. The van der Waals surface area contributed by atoms with E-state index in [1.54, 1.807) is 30.3 Å². The van der Waals surface area contributed by atoms with Crippen molar-refractivity contribution >= 4 is 50.6 Å². The van der Waals surface area contributed by atoms with Gasteiger partial charge in [-0.3, -0.25) is 4.79 Å². The van der Waals surface area contributed by atoms with E-state index in [9.17, 15) is 9.90 Å². The number of hydrazone groups is 1. The highest BCUT2D eigenvalue weighted by atomic mass is 127. The SMILES string of the molecule is O=C(NN=Cc1ccccc1O)c1cc(I)ccc1Br. The molecule has 0 saturated carbocycles. The van der Waals surface area contributed by atoms with Crippen LogP contribution >= 0.6 is 38.5 Å². The summed E-state index contributed by atoms with van der Waals surface area (Å²) in [5.74, 6) is -0.206. The number of nitrogens with zero attached hydrogens (tertiary/aromatic N) is 1. The minimum absolute atomic E-state index is 0.112. The molecular formula is C14H10BrIN2O2. The summed E-state index contributed by atoms with van der Waals surface area (Å²) in [4.78, 5) is 12.0. The Balaban J connectivity index is 2.09. The molecule has 0 aliphatic heterocycles. The number of nitrogens with one attached hydrogen (secondary N) is 1. The average molecular weight is 445 g/mol. The Morgan fingerprint density at radius 3 is 2.80 bits per heavy atom. The number of aromatic hydroxyl groups is 1. The van der Waals surface area contributed by atoms with E-state index in [1.807, 2.05) is 12.1 Å². The maximum absolute atomic E-state index is 12.0. The van der Waals surface area contributed by atoms with Gasteiger partial charge in [-0.25, -0.2) is 5.43 Å². The lowest BCUT2D eigenvalue weighted by molar-refractivity contribution is 0.0954. The molecule has 0 aliphatic carbocycles. The molecule has 2 N–H and O–H groups in total. The molecule has 0 heterocycles. The smallest absolute Gasteiger partial charge is 0.272 e. The maximum Gasteiger partial charge on any atom is 0.272 e. The summed E-state index contributed by atoms with van der Waals surface area (Å²) in [6, 6.07) is 12.2. The summed E-state index contributed by atoms with van der Waals surface area (Å²) >= 11 is 5.46. The molecule has 2 aromatic carbocycles. The van der Waals surface area contributed by atoms with E-state index in [4.69, 9.17) is 0 Å². The van der Waals surface area contributed by atoms with Crippen molar-refractivity contribution in [1.29, 1.82) is 0 Å². The number of para-hydroxylation sites is 1. The van der Waals surface area contributed by atoms with Crippen LogP contribution in [0.4, 0.5) is 0 Å². The van der Waals surface area contributed by atoms with Crippen LogP contribution in [0.15, 0.2) is 52.0 Å². The van der Waals surface area contributed by atoms with Crippen LogP contribution in [0.2, 0.25) is 0 Å². The van der Waals surface area contributed by atoms with Gasteiger partial charge in [-0.2, -0.15) is 5.10 Å². The largest absolute Gasteiger partial charge is 0.507 e. The first-order valence-electron chi connectivity index (χ1n) is 5.64. The zero-order valence-electron chi connectivity index (χ0n) is 10.2. The second kappa shape index (κ2) is 6.85. The standard InChI is InChI=1S/C14H10BrIN2O2/c15-12-6-5-10(16)7-11(12)14(20)18-17-8-9-3-1-2-4-13(9)19/h1-8,19H,(H,18,20). The topological polar surface area (TPSA) is 61.7 Å². The maximum atomic E-state index is 12.0. The third-order valence-corrected chi connectivity index (χ3v) is 3.84. The van der Waals surface area contributed by atoms with E-state index in [0.29, 0.717) is 15.6 Å². The highest BCUT2D eigenvalue weighted by Crippen LogP contribution is 2.19. The van der Waals surface area contributed by atoms with Gasteiger partial charge in [-0.15, -0.1) is 0 Å². The Bertz CT molecular complexity index is 674. The van der Waals surface area contributed by atoms with Crippen LogP contribution in [0.25, 0.3) is 0 Å². The molecule has 0 atom stereocenters. The average Bonchev–Trinajstić information content (AvgIpc) is 2.43. The van der Waals surface area contributed by atoms with Gasteiger partial charge in [0.2, 0.25) is 0 Å². The molecule has 6 heteroatoms. The lowest BCUT2D eigenvalue weighted by atomic mass is 10.2. The van der Waals surface area contributed by atoms with E-state index in [0.717, 1.165) is 3.57 Å². The lowest BCUT2D eigenvalue weighted by Crippen LogP contribution is -2.18. The van der Waals surface area contributed by atoms with Crippen molar-refractivity contribution in [3.8, 4) is 5.75 Å². The third kappa shape index (κ3) is 3.80. The number of benzene rings is 2. The Morgan fingerprint density at radius 2 is 2.05 bits per heavy atom. The highest BCUT2D eigenvalue weighted by molar-refractivity contribution is 14.1. The molecule has 0 radical (unpaired) electrons. The summed E-state index contributed by atoms with van der Waals surface area (Å²) in [6.45, 7) is 0. The van der Waals surface area contributed by atoms with Crippen LogP contribution in [0, 0.1) is 3.57 Å². The van der Waals surface area contributed by atoms with Crippen LogP contribution in [0.1, 0.15) is 15.9 Å². The molecule has 1 amide bonds. The van der Waals surface area contributed by atoms with Crippen molar-refractivity contribution in [3.63, 3.8) is 0 Å². The quantitative estimate of drug-likeness (QED) is 0.432. The van der Waals surface area contributed by atoms with Crippen LogP contribution in [0.3, 0.4) is 0 Å². The Labute approximate surface area is 138 Å². The minimum atomic E-state index is -0.318. The lowest BCUT2D eigenvalue weighted by Gasteiger charge is -2.03. The van der Waals surface area contributed by atoms with Crippen LogP contribution in [0.5, 0.6) is 5.75 Å². The molecule has 20 heavy (non-hydrogen) atoms. The molecular weight excluding hydrogens is 435 g/mol. The monoisotopic (exact) mass is 444 g/mol. The number of carbonyl (C=O) groups is 1. The van der Waals surface area contributed by atoms with Crippen molar-refractivity contribution in [1.82, 2.24) is 5.43 Å². The predicted octanol–water partition coefficient (Wildman–Crippen LogP) is 3.52. The number of phenolic OH excluding ortho intramolecular Hbond substituents is 1. The van der Waals surface area contributed by atoms with E-state index < -0.39 is 0 Å². The van der Waals surface area contributed by atoms with Gasteiger partial charge >= 0.3 is 0 Å². The second-order valence-electron chi connectivity index (χ2n) is 3.88. The second-order valence-corrected chi connectivity index (χ2v) is 5.98. The first-order chi connectivity index (χ1) is 9.58. The van der Waals surface area contributed by atoms with E-state index in [1.165, 1.54) is 6.21 Å². The number of phenols is 1. The predicted molar refractivity (Wildman–Crippen MR) is 90.0 cm³/mol. The van der Waals surface area contributed by atoms with Gasteiger partial charge in [0.15, 0.2) is 0 Å². The Hall–Kier alpha value is -1.41. The summed E-state index contributed by atoms with van der Waals surface area (Å²) in [5, 5.41) is 13.4. The molecule has 0 aliphatic rings. The molecule has 2 aromatic rings. The number of halogens is 2. The van der Waals surface area contributed by atoms with Gasteiger partial charge in [-0.1, -0.05) is 12.1 Å². The van der Waals surface area contributed by atoms with Gasteiger partial charge in [0.1, 0.15) is 5.75 Å². The van der Waals surface area contributed by atoms with Crippen molar-refractivity contribution < 1.29 is 9.90 Å². The van der Waals surface area contributed by atoms with Gasteiger partial charge < -0.3 is 5.11 Å². The number of rotatable bonds is 3. The van der Waals surface area contributed by atoms with Gasteiger partial charge in [0.05, 0.1) is 11.8 Å². The number of carbonyl (C=O) groups excluding carboxylic acids is 1. The van der Waals surface area contributed by atoms with Gasteiger partial charge in [-0.05, 0) is 68.9 Å². The number of hydrogen-bond acceptors (Lipinski definition) is 3. The molecule has 0 saturated heterocycles. The molecule has 0 fully saturated rings.